The molecule has 0 amide bonds. The minimum Gasteiger partial charge on any atom is -0.489 e. The fourth-order valence-corrected chi connectivity index (χ4v) is 1.19. The largest absolute Gasteiger partial charge is 0.489 e. The number of nitrogens with zero attached hydrogens (tertiary/aromatic N) is 1. The van der Waals surface area contributed by atoms with Crippen molar-refractivity contribution in [2.45, 2.75) is 20.0 Å². The number of hydrogen-bond donors (Lipinski definition) is 1. The van der Waals surface area contributed by atoms with Gasteiger partial charge in [-0.25, -0.2) is 0 Å². The average Bonchev–Trinajstić information content (AvgIpc) is 2.20. The lowest BCUT2D eigenvalue weighted by molar-refractivity contribution is -0.385. The number of nitrogens with two attached hydrogens (primary N) is 1. The standard InChI is InChI=1S/C10H14N2O3/c1-7(6-11)15-10-5-3-4-9(8(10)2)12(13)14/h3-5,7H,6,11H2,1-2H3. The van der Waals surface area contributed by atoms with Crippen LogP contribution < -0.4 is 10.5 Å². The van der Waals surface area contributed by atoms with Gasteiger partial charge >= 0.3 is 0 Å². The lowest BCUT2D eigenvalue weighted by Crippen LogP contribution is -2.23. The van der Waals surface area contributed by atoms with Crippen LogP contribution in [-0.4, -0.2) is 17.6 Å². The first kappa shape index (κ1) is 11.5. The van der Waals surface area contributed by atoms with Crippen LogP contribution in [0.3, 0.4) is 0 Å². The zero-order valence-corrected chi connectivity index (χ0v) is 8.77. The summed E-state index contributed by atoms with van der Waals surface area (Å²) >= 11 is 0. The van der Waals surface area contributed by atoms with E-state index in [0.29, 0.717) is 17.9 Å². The van der Waals surface area contributed by atoms with Crippen molar-refractivity contribution >= 4 is 5.69 Å². The molecule has 0 bridgehead atoms. The summed E-state index contributed by atoms with van der Waals surface area (Å²) in [5.41, 5.74) is 6.01. The summed E-state index contributed by atoms with van der Waals surface area (Å²) in [7, 11) is 0. The smallest absolute Gasteiger partial charge is 0.276 e. The number of rotatable bonds is 4. The van der Waals surface area contributed by atoms with Gasteiger partial charge in [0.05, 0.1) is 10.5 Å². The van der Waals surface area contributed by atoms with Crippen molar-refractivity contribution in [1.29, 1.82) is 0 Å². The molecule has 0 fully saturated rings. The Morgan fingerprint density at radius 1 is 1.60 bits per heavy atom. The first-order valence-electron chi connectivity index (χ1n) is 4.67. The third-order valence-corrected chi connectivity index (χ3v) is 2.11. The van der Waals surface area contributed by atoms with Crippen LogP contribution in [0.5, 0.6) is 5.75 Å². The van der Waals surface area contributed by atoms with Gasteiger partial charge in [-0.05, 0) is 19.9 Å². The highest BCUT2D eigenvalue weighted by atomic mass is 16.6. The molecule has 15 heavy (non-hydrogen) atoms. The molecule has 0 aliphatic rings. The van der Waals surface area contributed by atoms with Gasteiger partial charge in [0.2, 0.25) is 0 Å². The third-order valence-electron chi connectivity index (χ3n) is 2.11. The molecule has 0 saturated heterocycles. The quantitative estimate of drug-likeness (QED) is 0.605. The number of nitro benzene ring substituents is 1. The summed E-state index contributed by atoms with van der Waals surface area (Å²) in [6, 6.07) is 4.76. The lowest BCUT2D eigenvalue weighted by atomic mass is 10.2. The van der Waals surface area contributed by atoms with Crippen LogP contribution in [0.25, 0.3) is 0 Å². The van der Waals surface area contributed by atoms with Crippen molar-refractivity contribution in [3.05, 3.63) is 33.9 Å². The molecule has 0 spiro atoms. The Morgan fingerprint density at radius 3 is 2.80 bits per heavy atom. The van der Waals surface area contributed by atoms with Gasteiger partial charge in [0.15, 0.2) is 0 Å². The van der Waals surface area contributed by atoms with E-state index in [0.717, 1.165) is 0 Å². The average molecular weight is 210 g/mol. The molecule has 0 saturated carbocycles. The summed E-state index contributed by atoms with van der Waals surface area (Å²) in [5, 5.41) is 10.7. The maximum Gasteiger partial charge on any atom is 0.276 e. The topological polar surface area (TPSA) is 78.4 Å². The molecule has 0 aromatic heterocycles. The van der Waals surface area contributed by atoms with Crippen molar-refractivity contribution in [3.63, 3.8) is 0 Å². The zero-order valence-electron chi connectivity index (χ0n) is 8.77. The van der Waals surface area contributed by atoms with E-state index < -0.39 is 4.92 Å². The molecule has 1 atom stereocenters. The number of ether oxygens (including phenoxy) is 1. The van der Waals surface area contributed by atoms with Crippen LogP contribution in [0.1, 0.15) is 12.5 Å². The molecule has 1 aromatic rings. The van der Waals surface area contributed by atoms with E-state index in [9.17, 15) is 10.1 Å². The van der Waals surface area contributed by atoms with E-state index in [-0.39, 0.29) is 11.8 Å². The van der Waals surface area contributed by atoms with Gasteiger partial charge in [-0.2, -0.15) is 0 Å². The van der Waals surface area contributed by atoms with E-state index in [4.69, 9.17) is 10.5 Å². The van der Waals surface area contributed by atoms with Crippen molar-refractivity contribution in [1.82, 2.24) is 0 Å². The zero-order chi connectivity index (χ0) is 11.4. The molecule has 2 N–H and O–H groups in total. The van der Waals surface area contributed by atoms with Crippen LogP contribution >= 0.6 is 0 Å². The fourth-order valence-electron chi connectivity index (χ4n) is 1.19. The number of nitro groups is 1. The minimum atomic E-state index is -0.421. The summed E-state index contributed by atoms with van der Waals surface area (Å²) in [6.45, 7) is 3.86. The van der Waals surface area contributed by atoms with E-state index in [1.54, 1.807) is 19.1 Å². The normalized spacial score (nSPS) is 12.2. The molecule has 82 valence electrons. The second-order valence-corrected chi connectivity index (χ2v) is 3.32. The predicted octanol–water partition coefficient (Wildman–Crippen LogP) is 1.63. The van der Waals surface area contributed by atoms with Gasteiger partial charge in [-0.1, -0.05) is 6.07 Å². The predicted molar refractivity (Wildman–Crippen MR) is 57.0 cm³/mol. The van der Waals surface area contributed by atoms with E-state index in [2.05, 4.69) is 0 Å². The highest BCUT2D eigenvalue weighted by molar-refractivity contribution is 5.48. The van der Waals surface area contributed by atoms with Crippen molar-refractivity contribution in [2.75, 3.05) is 6.54 Å². The Morgan fingerprint density at radius 2 is 2.27 bits per heavy atom. The SMILES string of the molecule is Cc1c(OC(C)CN)cccc1[N+](=O)[O-]. The van der Waals surface area contributed by atoms with Crippen LogP contribution in [0.15, 0.2) is 18.2 Å². The summed E-state index contributed by atoms with van der Waals surface area (Å²) in [6.07, 6.45) is -0.147. The lowest BCUT2D eigenvalue weighted by Gasteiger charge is -2.14. The van der Waals surface area contributed by atoms with Gasteiger partial charge in [0.25, 0.3) is 5.69 Å². The summed E-state index contributed by atoms with van der Waals surface area (Å²) in [5.74, 6) is 0.516. The third kappa shape index (κ3) is 2.66. The second-order valence-electron chi connectivity index (χ2n) is 3.32. The monoisotopic (exact) mass is 210 g/mol. The first-order valence-corrected chi connectivity index (χ1v) is 4.67. The van der Waals surface area contributed by atoms with Gasteiger partial charge < -0.3 is 10.5 Å². The molecule has 0 aliphatic carbocycles. The Bertz CT molecular complexity index is 366. The van der Waals surface area contributed by atoms with Gasteiger partial charge in [-0.15, -0.1) is 0 Å². The van der Waals surface area contributed by atoms with Crippen molar-refractivity contribution in [2.24, 2.45) is 5.73 Å². The minimum absolute atomic E-state index is 0.0664. The summed E-state index contributed by atoms with van der Waals surface area (Å²) < 4.78 is 5.46. The van der Waals surface area contributed by atoms with Crippen LogP contribution in [0.2, 0.25) is 0 Å². The van der Waals surface area contributed by atoms with Crippen LogP contribution in [-0.2, 0) is 0 Å². The molecular weight excluding hydrogens is 196 g/mol. The van der Waals surface area contributed by atoms with Crippen molar-refractivity contribution in [3.8, 4) is 5.75 Å². The van der Waals surface area contributed by atoms with Crippen molar-refractivity contribution < 1.29 is 9.66 Å². The molecule has 1 aromatic carbocycles. The van der Waals surface area contributed by atoms with Gasteiger partial charge in [0.1, 0.15) is 11.9 Å². The maximum absolute atomic E-state index is 10.7. The maximum atomic E-state index is 10.7. The highest BCUT2D eigenvalue weighted by Gasteiger charge is 2.15. The van der Waals surface area contributed by atoms with Gasteiger partial charge in [-0.3, -0.25) is 10.1 Å². The number of hydrogen-bond acceptors (Lipinski definition) is 4. The molecular formula is C10H14N2O3. The second kappa shape index (κ2) is 4.75. The Hall–Kier alpha value is -1.62. The molecule has 0 heterocycles. The number of benzene rings is 1. The molecule has 0 radical (unpaired) electrons. The first-order chi connectivity index (χ1) is 7.06. The van der Waals surface area contributed by atoms with Crippen LogP contribution in [0, 0.1) is 17.0 Å². The molecule has 1 rings (SSSR count). The van der Waals surface area contributed by atoms with E-state index >= 15 is 0 Å². The van der Waals surface area contributed by atoms with E-state index in [1.807, 2.05) is 6.92 Å². The Kier molecular flexibility index (Phi) is 3.62. The van der Waals surface area contributed by atoms with Crippen LogP contribution in [0.4, 0.5) is 5.69 Å². The molecule has 1 unspecified atom stereocenters. The highest BCUT2D eigenvalue weighted by Crippen LogP contribution is 2.27. The Balaban J connectivity index is 2.99. The Labute approximate surface area is 88.0 Å². The van der Waals surface area contributed by atoms with E-state index in [1.165, 1.54) is 6.07 Å². The fraction of sp³-hybridized carbons (Fsp3) is 0.400. The summed E-state index contributed by atoms with van der Waals surface area (Å²) in [4.78, 5) is 10.2. The van der Waals surface area contributed by atoms with Gasteiger partial charge in [0, 0.05) is 12.6 Å². The molecule has 0 aliphatic heterocycles. The molecule has 5 nitrogen and oxygen atoms in total. The molecule has 5 heteroatoms.